The number of ether oxygens (including phenoxy) is 1. The first-order valence-corrected chi connectivity index (χ1v) is 4.25. The highest BCUT2D eigenvalue weighted by Crippen LogP contribution is 2.22. The molecule has 0 bridgehead atoms. The van der Waals surface area contributed by atoms with Gasteiger partial charge in [-0.3, -0.25) is 14.8 Å². The van der Waals surface area contributed by atoms with E-state index in [1.54, 1.807) is 7.05 Å². The van der Waals surface area contributed by atoms with E-state index in [-0.39, 0.29) is 6.04 Å². The summed E-state index contributed by atoms with van der Waals surface area (Å²) in [4.78, 5) is 11.8. The molecule has 1 rings (SSSR count). The van der Waals surface area contributed by atoms with E-state index in [1.165, 1.54) is 11.1 Å². The molecule has 0 spiro atoms. The summed E-state index contributed by atoms with van der Waals surface area (Å²) in [5.41, 5.74) is 5.53. The standard InChI is InChI=1S/C8H14N4O2/c1-6(9)4-14-7-3-10-11-8(7)12(2)5-13/h3,5-6H,4,9H2,1-2H3,(H,10,11). The average molecular weight is 198 g/mol. The van der Waals surface area contributed by atoms with E-state index in [1.807, 2.05) is 6.92 Å². The van der Waals surface area contributed by atoms with Crippen LogP contribution in [0.2, 0.25) is 0 Å². The molecule has 0 fully saturated rings. The van der Waals surface area contributed by atoms with Crippen LogP contribution in [0.25, 0.3) is 0 Å². The van der Waals surface area contributed by atoms with E-state index >= 15 is 0 Å². The summed E-state index contributed by atoms with van der Waals surface area (Å²) in [6.07, 6.45) is 2.18. The molecule has 6 heteroatoms. The number of nitrogens with one attached hydrogen (secondary N) is 1. The number of hydrogen-bond acceptors (Lipinski definition) is 4. The molecule has 0 saturated heterocycles. The summed E-state index contributed by atoms with van der Waals surface area (Å²) < 4.78 is 5.34. The molecular weight excluding hydrogens is 184 g/mol. The van der Waals surface area contributed by atoms with Crippen LogP contribution in [0.3, 0.4) is 0 Å². The Hall–Kier alpha value is -1.56. The minimum Gasteiger partial charge on any atom is -0.486 e. The fraction of sp³-hybridized carbons (Fsp3) is 0.500. The lowest BCUT2D eigenvalue weighted by atomic mass is 10.4. The van der Waals surface area contributed by atoms with Gasteiger partial charge in [0, 0.05) is 13.1 Å². The Balaban J connectivity index is 2.67. The van der Waals surface area contributed by atoms with Crippen molar-refractivity contribution in [1.82, 2.24) is 10.2 Å². The lowest BCUT2D eigenvalue weighted by Crippen LogP contribution is -2.24. The van der Waals surface area contributed by atoms with Gasteiger partial charge in [-0.05, 0) is 6.92 Å². The second-order valence-corrected chi connectivity index (χ2v) is 3.09. The van der Waals surface area contributed by atoms with Gasteiger partial charge in [0.05, 0.1) is 6.20 Å². The van der Waals surface area contributed by atoms with E-state index in [0.29, 0.717) is 24.6 Å². The molecule has 0 aliphatic heterocycles. The SMILES string of the molecule is CC(N)COc1cn[nH]c1N(C)C=O. The number of carbonyl (C=O) groups is 1. The van der Waals surface area contributed by atoms with Gasteiger partial charge in [0.25, 0.3) is 0 Å². The highest BCUT2D eigenvalue weighted by molar-refractivity contribution is 5.75. The van der Waals surface area contributed by atoms with Crippen LogP contribution in [0.4, 0.5) is 5.82 Å². The highest BCUT2D eigenvalue weighted by Gasteiger charge is 2.10. The second-order valence-electron chi connectivity index (χ2n) is 3.09. The van der Waals surface area contributed by atoms with Gasteiger partial charge in [0.1, 0.15) is 6.61 Å². The number of nitrogens with zero attached hydrogens (tertiary/aromatic N) is 2. The highest BCUT2D eigenvalue weighted by atomic mass is 16.5. The van der Waals surface area contributed by atoms with Gasteiger partial charge in [-0.15, -0.1) is 0 Å². The molecule has 78 valence electrons. The number of nitrogens with two attached hydrogens (primary N) is 1. The zero-order valence-electron chi connectivity index (χ0n) is 8.23. The van der Waals surface area contributed by atoms with Crippen LogP contribution >= 0.6 is 0 Å². The van der Waals surface area contributed by atoms with Gasteiger partial charge in [-0.25, -0.2) is 0 Å². The van der Waals surface area contributed by atoms with Crippen molar-refractivity contribution in [3.8, 4) is 5.75 Å². The lowest BCUT2D eigenvalue weighted by molar-refractivity contribution is -0.107. The molecule has 6 nitrogen and oxygen atoms in total. The van der Waals surface area contributed by atoms with Gasteiger partial charge in [0.2, 0.25) is 6.41 Å². The summed E-state index contributed by atoms with van der Waals surface area (Å²) in [6.45, 7) is 2.22. The van der Waals surface area contributed by atoms with Crippen molar-refractivity contribution < 1.29 is 9.53 Å². The Bertz CT molecular complexity index is 297. The summed E-state index contributed by atoms with van der Waals surface area (Å²) in [7, 11) is 1.61. The van der Waals surface area contributed by atoms with Gasteiger partial charge in [0.15, 0.2) is 11.6 Å². The van der Waals surface area contributed by atoms with E-state index in [2.05, 4.69) is 10.2 Å². The number of aromatic amines is 1. The number of H-pyrrole nitrogens is 1. The topological polar surface area (TPSA) is 84.2 Å². The van der Waals surface area contributed by atoms with Crippen LogP contribution in [0.5, 0.6) is 5.75 Å². The fourth-order valence-corrected chi connectivity index (χ4v) is 0.901. The van der Waals surface area contributed by atoms with Gasteiger partial charge < -0.3 is 10.5 Å². The van der Waals surface area contributed by atoms with Crippen LogP contribution in [-0.4, -0.2) is 36.3 Å². The number of amides is 1. The van der Waals surface area contributed by atoms with Crippen LogP contribution in [0.15, 0.2) is 6.20 Å². The van der Waals surface area contributed by atoms with Gasteiger partial charge >= 0.3 is 0 Å². The second kappa shape index (κ2) is 4.61. The quantitative estimate of drug-likeness (QED) is 0.638. The zero-order valence-corrected chi connectivity index (χ0v) is 8.23. The molecule has 3 N–H and O–H groups in total. The Morgan fingerprint density at radius 1 is 1.86 bits per heavy atom. The van der Waals surface area contributed by atoms with Gasteiger partial charge in [-0.1, -0.05) is 0 Å². The van der Waals surface area contributed by atoms with E-state index in [9.17, 15) is 4.79 Å². The predicted octanol–water partition coefficient (Wildman–Crippen LogP) is -0.272. The van der Waals surface area contributed by atoms with Crippen LogP contribution in [0.1, 0.15) is 6.92 Å². The molecule has 1 aromatic rings. The van der Waals surface area contributed by atoms with Crippen molar-refractivity contribution in [2.45, 2.75) is 13.0 Å². The van der Waals surface area contributed by atoms with Gasteiger partial charge in [-0.2, -0.15) is 5.10 Å². The molecule has 1 amide bonds. The van der Waals surface area contributed by atoms with E-state index in [4.69, 9.17) is 10.5 Å². The number of rotatable bonds is 5. The monoisotopic (exact) mass is 198 g/mol. The Morgan fingerprint density at radius 2 is 2.57 bits per heavy atom. The summed E-state index contributed by atoms with van der Waals surface area (Å²) in [5.74, 6) is 1.05. The maximum atomic E-state index is 10.5. The number of hydrogen-bond donors (Lipinski definition) is 2. The molecule has 1 atom stereocenters. The molecule has 0 aromatic carbocycles. The number of carbonyl (C=O) groups excluding carboxylic acids is 1. The Morgan fingerprint density at radius 3 is 3.14 bits per heavy atom. The predicted molar refractivity (Wildman–Crippen MR) is 52.2 cm³/mol. The van der Waals surface area contributed by atoms with Crippen molar-refractivity contribution in [2.24, 2.45) is 5.73 Å². The summed E-state index contributed by atoms with van der Waals surface area (Å²) in [6, 6.07) is -0.0562. The molecular formula is C8H14N4O2. The third-order valence-electron chi connectivity index (χ3n) is 1.60. The minimum absolute atomic E-state index is 0.0562. The van der Waals surface area contributed by atoms with E-state index in [0.717, 1.165) is 0 Å². The van der Waals surface area contributed by atoms with Crippen molar-refractivity contribution in [3.63, 3.8) is 0 Å². The Kier molecular flexibility index (Phi) is 3.47. The van der Waals surface area contributed by atoms with Crippen LogP contribution in [0, 0.1) is 0 Å². The molecule has 0 aliphatic carbocycles. The number of anilines is 1. The van der Waals surface area contributed by atoms with Crippen molar-refractivity contribution in [2.75, 3.05) is 18.6 Å². The van der Waals surface area contributed by atoms with Crippen LogP contribution < -0.4 is 15.4 Å². The van der Waals surface area contributed by atoms with Crippen LogP contribution in [-0.2, 0) is 4.79 Å². The van der Waals surface area contributed by atoms with Crippen molar-refractivity contribution in [1.29, 1.82) is 0 Å². The Labute approximate surface area is 82.0 Å². The molecule has 0 aliphatic rings. The number of aromatic nitrogens is 2. The molecule has 1 aromatic heterocycles. The van der Waals surface area contributed by atoms with Crippen molar-refractivity contribution >= 4 is 12.2 Å². The molecule has 0 saturated carbocycles. The first-order valence-electron chi connectivity index (χ1n) is 4.25. The largest absolute Gasteiger partial charge is 0.486 e. The first kappa shape index (κ1) is 10.5. The molecule has 14 heavy (non-hydrogen) atoms. The first-order chi connectivity index (χ1) is 6.65. The summed E-state index contributed by atoms with van der Waals surface area (Å²) in [5, 5.41) is 6.44. The lowest BCUT2D eigenvalue weighted by Gasteiger charge is -2.12. The minimum atomic E-state index is -0.0562. The maximum Gasteiger partial charge on any atom is 0.215 e. The average Bonchev–Trinajstić information content (AvgIpc) is 2.61. The summed E-state index contributed by atoms with van der Waals surface area (Å²) >= 11 is 0. The molecule has 1 heterocycles. The third-order valence-corrected chi connectivity index (χ3v) is 1.60. The smallest absolute Gasteiger partial charge is 0.215 e. The molecule has 0 radical (unpaired) electrons. The molecule has 1 unspecified atom stereocenters. The fourth-order valence-electron chi connectivity index (χ4n) is 0.901. The maximum absolute atomic E-state index is 10.5. The normalized spacial score (nSPS) is 12.2. The third kappa shape index (κ3) is 2.46. The zero-order chi connectivity index (χ0) is 10.6. The van der Waals surface area contributed by atoms with E-state index < -0.39 is 0 Å². The van der Waals surface area contributed by atoms with Crippen molar-refractivity contribution in [3.05, 3.63) is 6.20 Å².